The third-order valence-electron chi connectivity index (χ3n) is 5.99. The predicted octanol–water partition coefficient (Wildman–Crippen LogP) is 4.35. The zero-order valence-corrected chi connectivity index (χ0v) is 32.7. The number of hydrogen-bond donors (Lipinski definition) is 7. The first-order valence-electron chi connectivity index (χ1n) is 18.5. The van der Waals surface area contributed by atoms with Crippen molar-refractivity contribution in [2.24, 2.45) is 0 Å². The zero-order valence-electron chi connectivity index (χ0n) is 32.7. The monoisotopic (exact) mass is 729 g/mol. The number of ether oxygens (including phenoxy) is 2. The summed E-state index contributed by atoms with van der Waals surface area (Å²) < 4.78 is 10.9. The number of hydrogen-bond acceptors (Lipinski definition) is 9. The van der Waals surface area contributed by atoms with Gasteiger partial charge in [-0.3, -0.25) is 19.2 Å². The van der Waals surface area contributed by atoms with Gasteiger partial charge in [-0.2, -0.15) is 0 Å². The van der Waals surface area contributed by atoms with Crippen LogP contribution in [0.4, 0.5) is 0 Å². The summed E-state index contributed by atoms with van der Waals surface area (Å²) in [5, 5.41) is 39.3. The van der Waals surface area contributed by atoms with Crippen LogP contribution in [0, 0.1) is 0 Å². The summed E-state index contributed by atoms with van der Waals surface area (Å²) in [7, 11) is 0. The van der Waals surface area contributed by atoms with Crippen LogP contribution in [0.25, 0.3) is 0 Å². The first-order valence-corrected chi connectivity index (χ1v) is 18.5. The highest BCUT2D eigenvalue weighted by molar-refractivity contribution is 5.86. The van der Waals surface area contributed by atoms with Gasteiger partial charge in [0, 0.05) is 33.0 Å². The highest BCUT2D eigenvalue weighted by Gasteiger charge is 2.27. The van der Waals surface area contributed by atoms with Crippen molar-refractivity contribution in [3.63, 3.8) is 0 Å². The summed E-state index contributed by atoms with van der Waals surface area (Å²) in [6.45, 7) is 18.9. The smallest absolute Gasteiger partial charge is 0.243 e. The minimum Gasteiger partial charge on any atom is -0.394 e. The third-order valence-corrected chi connectivity index (χ3v) is 5.99. The highest BCUT2D eigenvalue weighted by Crippen LogP contribution is 2.10. The summed E-state index contributed by atoms with van der Waals surface area (Å²) in [5.41, 5.74) is 0. The molecule has 0 bridgehead atoms. The molecule has 0 radical (unpaired) electrons. The zero-order chi connectivity index (χ0) is 39.7. The molecule has 2 unspecified atom stereocenters. The second-order valence-corrected chi connectivity index (χ2v) is 10.7. The molecule has 0 heterocycles. The van der Waals surface area contributed by atoms with Crippen LogP contribution in [-0.2, 0) is 28.7 Å². The van der Waals surface area contributed by atoms with E-state index in [1.165, 1.54) is 26.3 Å². The van der Waals surface area contributed by atoms with E-state index < -0.39 is 37.2 Å². The van der Waals surface area contributed by atoms with E-state index in [0.717, 1.165) is 32.1 Å². The fraction of sp³-hybridized carbons (Fsp3) is 0.684. The average Bonchev–Trinajstić information content (AvgIpc) is 3.13. The second kappa shape index (κ2) is 42.8. The largest absolute Gasteiger partial charge is 0.394 e. The van der Waals surface area contributed by atoms with Crippen LogP contribution in [0.5, 0.6) is 0 Å². The lowest BCUT2D eigenvalue weighted by Gasteiger charge is -2.28. The first-order chi connectivity index (χ1) is 24.5. The fourth-order valence-electron chi connectivity index (χ4n) is 3.56. The third kappa shape index (κ3) is 41.0. The minimum atomic E-state index is -1.47. The molecule has 0 aliphatic heterocycles. The molecule has 7 N–H and O–H groups in total. The van der Waals surface area contributed by atoms with Crippen molar-refractivity contribution in [2.75, 3.05) is 32.8 Å². The molecule has 1 rings (SSSR count). The Labute approximate surface area is 308 Å². The van der Waals surface area contributed by atoms with Crippen molar-refractivity contribution < 1.29 is 44.0 Å². The number of benzene rings is 1. The van der Waals surface area contributed by atoms with Crippen LogP contribution >= 0.6 is 0 Å². The van der Waals surface area contributed by atoms with Crippen LogP contribution in [-0.4, -0.2) is 96.5 Å². The molecule has 51 heavy (non-hydrogen) atoms. The van der Waals surface area contributed by atoms with E-state index in [4.69, 9.17) is 9.47 Å². The first kappa shape index (κ1) is 54.4. The van der Waals surface area contributed by atoms with E-state index in [9.17, 15) is 34.5 Å². The number of carbonyl (C=O) groups excluding carboxylic acids is 4. The van der Waals surface area contributed by atoms with Gasteiger partial charge in [-0.05, 0) is 38.7 Å². The molecule has 13 heteroatoms. The van der Waals surface area contributed by atoms with Crippen molar-refractivity contribution in [3.8, 4) is 0 Å². The van der Waals surface area contributed by atoms with Gasteiger partial charge in [0.1, 0.15) is 6.10 Å². The number of rotatable bonds is 23. The van der Waals surface area contributed by atoms with E-state index >= 15 is 0 Å². The molecule has 0 aliphatic carbocycles. The maximum atomic E-state index is 11.9. The molecule has 1 aromatic rings. The summed E-state index contributed by atoms with van der Waals surface area (Å²) >= 11 is 0. The summed E-state index contributed by atoms with van der Waals surface area (Å²) in [6.07, 6.45) is 3.20. The molecular weight excluding hydrogens is 656 g/mol. The number of amides is 4. The number of aliphatic hydroxyl groups is 3. The Morgan fingerprint density at radius 2 is 1.25 bits per heavy atom. The van der Waals surface area contributed by atoms with Crippen molar-refractivity contribution in [2.45, 2.75) is 138 Å². The highest BCUT2D eigenvalue weighted by atomic mass is 16.7. The van der Waals surface area contributed by atoms with Gasteiger partial charge in [0.2, 0.25) is 29.9 Å². The Bertz CT molecular complexity index is 911. The van der Waals surface area contributed by atoms with Gasteiger partial charge in [-0.15, -0.1) is 0 Å². The molecule has 4 atom stereocenters. The molecule has 4 amide bonds. The van der Waals surface area contributed by atoms with E-state index in [2.05, 4.69) is 41.7 Å². The van der Waals surface area contributed by atoms with Crippen molar-refractivity contribution in [1.82, 2.24) is 21.3 Å². The van der Waals surface area contributed by atoms with Crippen molar-refractivity contribution >= 4 is 23.6 Å². The van der Waals surface area contributed by atoms with Crippen molar-refractivity contribution in [3.05, 3.63) is 49.1 Å². The summed E-state index contributed by atoms with van der Waals surface area (Å²) in [5.74, 6) is -1.17. The molecule has 13 nitrogen and oxygen atoms in total. The minimum absolute atomic E-state index is 0.0820. The van der Waals surface area contributed by atoms with Gasteiger partial charge in [-0.25, -0.2) is 0 Å². The lowest BCUT2D eigenvalue weighted by atomic mass is 10.2. The van der Waals surface area contributed by atoms with Gasteiger partial charge in [0.15, 0.2) is 6.23 Å². The molecule has 0 spiro atoms. The molecule has 0 saturated carbocycles. The molecule has 1 aromatic carbocycles. The van der Waals surface area contributed by atoms with Crippen LogP contribution < -0.4 is 21.3 Å². The topological polar surface area (TPSA) is 196 Å². The maximum Gasteiger partial charge on any atom is 0.243 e. The summed E-state index contributed by atoms with van der Waals surface area (Å²) in [4.78, 5) is 45.9. The second-order valence-electron chi connectivity index (χ2n) is 10.7. The van der Waals surface area contributed by atoms with E-state index in [1.807, 2.05) is 64.1 Å². The average molecular weight is 729 g/mol. The van der Waals surface area contributed by atoms with Gasteiger partial charge in [0.05, 0.1) is 19.3 Å². The Morgan fingerprint density at radius 1 is 0.765 bits per heavy atom. The van der Waals surface area contributed by atoms with Gasteiger partial charge in [0.25, 0.3) is 0 Å². The lowest BCUT2D eigenvalue weighted by Crippen LogP contribution is -2.48. The lowest BCUT2D eigenvalue weighted by molar-refractivity contribution is -0.240. The van der Waals surface area contributed by atoms with Crippen LogP contribution in [0.2, 0.25) is 0 Å². The molecular formula is C38H72N4O9. The predicted molar refractivity (Wildman–Crippen MR) is 204 cm³/mol. The quantitative estimate of drug-likeness (QED) is 0.0487. The number of nitrogens with one attached hydrogen (secondary N) is 4. The Kier molecular flexibility index (Phi) is 45.7. The van der Waals surface area contributed by atoms with Crippen LogP contribution in [0.3, 0.4) is 0 Å². The van der Waals surface area contributed by atoms with Crippen LogP contribution in [0.1, 0.15) is 113 Å². The van der Waals surface area contributed by atoms with Gasteiger partial charge in [-0.1, -0.05) is 110 Å². The summed E-state index contributed by atoms with van der Waals surface area (Å²) in [6, 6.07) is 12.0. The maximum absolute atomic E-state index is 11.9. The van der Waals surface area contributed by atoms with Crippen LogP contribution in [0.15, 0.2) is 49.1 Å². The standard InChI is InChI=1S/C25H46N4O9.C6H6.C3H8.2C2H6/c1-4-21(33)26-13-10-7-8-12-22(34)28-16-23(35)27-14-9-5-6-11-15-37-25(24(36)29-19(3)32)38-20(17-30)18(2)31;1-2-4-6-5-3-1;1-3-2;2*1-2/h4,18,20,24-25,30-31,36H,1,5-17H2,2-3H3,(H,26,33)(H,27,35)(H,28,34)(H,29,32);1-6H;3H2,1-2H3;2*1-2H3/t18-,20?,24-,25?;;;;/m0..../s1. The van der Waals surface area contributed by atoms with E-state index in [1.54, 1.807) is 0 Å². The molecule has 0 saturated heterocycles. The Morgan fingerprint density at radius 3 is 1.73 bits per heavy atom. The molecule has 0 fully saturated rings. The van der Waals surface area contributed by atoms with Crippen molar-refractivity contribution in [1.29, 1.82) is 0 Å². The number of carbonyl (C=O) groups is 4. The Balaban J connectivity index is -0.000000720. The van der Waals surface area contributed by atoms with E-state index in [-0.39, 0.29) is 30.9 Å². The number of aliphatic hydroxyl groups excluding tert-OH is 3. The Hall–Kier alpha value is -3.36. The molecule has 0 aromatic heterocycles. The molecule has 298 valence electrons. The van der Waals surface area contributed by atoms with E-state index in [0.29, 0.717) is 32.4 Å². The fourth-order valence-corrected chi connectivity index (χ4v) is 3.56. The normalized spacial score (nSPS) is 12.0. The van der Waals surface area contributed by atoms with Gasteiger partial charge < -0.3 is 46.1 Å². The SMILES string of the molecule is C=CC(=O)NCCCCCC(=O)NCC(=O)NCCCCCCOC(OC(CO)[C@H](C)O)[C@H](O)NC(C)=O.CC.CC.CCC.c1ccccc1. The molecule has 0 aliphatic rings. The number of unbranched alkanes of at least 4 members (excludes halogenated alkanes) is 5. The van der Waals surface area contributed by atoms with Gasteiger partial charge >= 0.3 is 0 Å².